The van der Waals surface area contributed by atoms with Crippen LogP contribution >= 0.6 is 0 Å². The Kier molecular flexibility index (Phi) is 6.20. The number of amides is 1. The molecule has 134 valence electrons. The third-order valence-electron chi connectivity index (χ3n) is 5.06. The van der Waals surface area contributed by atoms with Crippen LogP contribution < -0.4 is 0 Å². The van der Waals surface area contributed by atoms with Crippen molar-refractivity contribution in [3.63, 3.8) is 0 Å². The summed E-state index contributed by atoms with van der Waals surface area (Å²) >= 11 is 0. The number of rotatable bonds is 7. The first-order valence-electron chi connectivity index (χ1n) is 9.45. The molecule has 1 fully saturated rings. The Morgan fingerprint density at radius 3 is 2.84 bits per heavy atom. The summed E-state index contributed by atoms with van der Waals surface area (Å²) in [6, 6.07) is 3.95. The molecule has 0 N–H and O–H groups in total. The SMILES string of the molecule is CCCCn1ccnc1C1CCN(C(=O)CCc2cccnc2)CC1. The molecule has 5 heteroatoms. The first-order chi connectivity index (χ1) is 12.3. The molecule has 5 nitrogen and oxygen atoms in total. The molecule has 0 atom stereocenters. The molecule has 25 heavy (non-hydrogen) atoms. The highest BCUT2D eigenvalue weighted by molar-refractivity contribution is 5.76. The number of carbonyl (C=O) groups excluding carboxylic acids is 1. The summed E-state index contributed by atoms with van der Waals surface area (Å²) in [5.41, 5.74) is 1.13. The van der Waals surface area contributed by atoms with E-state index in [4.69, 9.17) is 0 Å². The number of imidazole rings is 1. The fraction of sp³-hybridized carbons (Fsp3) is 0.550. The second kappa shape index (κ2) is 8.79. The fourth-order valence-electron chi connectivity index (χ4n) is 3.54. The van der Waals surface area contributed by atoms with Gasteiger partial charge < -0.3 is 9.47 Å². The number of carbonyl (C=O) groups is 1. The van der Waals surface area contributed by atoms with E-state index in [0.29, 0.717) is 12.3 Å². The molecule has 1 aliphatic heterocycles. The summed E-state index contributed by atoms with van der Waals surface area (Å²) in [7, 11) is 0. The average Bonchev–Trinajstić information content (AvgIpc) is 3.14. The predicted molar refractivity (Wildman–Crippen MR) is 98.2 cm³/mol. The number of piperidine rings is 1. The lowest BCUT2D eigenvalue weighted by molar-refractivity contribution is -0.132. The van der Waals surface area contributed by atoms with Crippen molar-refractivity contribution in [2.75, 3.05) is 13.1 Å². The molecule has 2 aromatic heterocycles. The Hall–Kier alpha value is -2.17. The third-order valence-corrected chi connectivity index (χ3v) is 5.06. The minimum absolute atomic E-state index is 0.261. The Labute approximate surface area is 150 Å². The predicted octanol–water partition coefficient (Wildman–Crippen LogP) is 3.42. The molecule has 0 aromatic carbocycles. The van der Waals surface area contributed by atoms with Crippen molar-refractivity contribution in [2.24, 2.45) is 0 Å². The number of hydrogen-bond donors (Lipinski definition) is 0. The largest absolute Gasteiger partial charge is 0.343 e. The molecular weight excluding hydrogens is 312 g/mol. The van der Waals surface area contributed by atoms with Gasteiger partial charge in [0, 0.05) is 56.8 Å². The zero-order chi connectivity index (χ0) is 17.5. The van der Waals surface area contributed by atoms with Gasteiger partial charge >= 0.3 is 0 Å². The van der Waals surface area contributed by atoms with Crippen molar-refractivity contribution >= 4 is 5.91 Å². The van der Waals surface area contributed by atoms with Gasteiger partial charge in [-0.05, 0) is 37.3 Å². The van der Waals surface area contributed by atoms with Gasteiger partial charge in [-0.1, -0.05) is 19.4 Å². The summed E-state index contributed by atoms with van der Waals surface area (Å²) in [4.78, 5) is 23.2. The number of nitrogens with zero attached hydrogens (tertiary/aromatic N) is 4. The van der Waals surface area contributed by atoms with Crippen molar-refractivity contribution < 1.29 is 4.79 Å². The lowest BCUT2D eigenvalue weighted by Gasteiger charge is -2.32. The van der Waals surface area contributed by atoms with Gasteiger partial charge in [0.15, 0.2) is 0 Å². The molecule has 0 unspecified atom stereocenters. The molecule has 3 heterocycles. The summed E-state index contributed by atoms with van der Waals surface area (Å²) in [5.74, 6) is 1.95. The summed E-state index contributed by atoms with van der Waals surface area (Å²) in [5, 5.41) is 0. The topological polar surface area (TPSA) is 51.0 Å². The highest BCUT2D eigenvalue weighted by Gasteiger charge is 2.26. The quantitative estimate of drug-likeness (QED) is 0.776. The van der Waals surface area contributed by atoms with E-state index in [1.807, 2.05) is 29.4 Å². The molecule has 2 aromatic rings. The molecular formula is C20H28N4O. The van der Waals surface area contributed by atoms with E-state index in [1.54, 1.807) is 6.20 Å². The number of aromatic nitrogens is 3. The van der Waals surface area contributed by atoms with Crippen LogP contribution in [0.1, 0.15) is 56.3 Å². The van der Waals surface area contributed by atoms with E-state index in [-0.39, 0.29) is 5.91 Å². The summed E-state index contributed by atoms with van der Waals surface area (Å²) < 4.78 is 2.30. The Morgan fingerprint density at radius 2 is 2.12 bits per heavy atom. The van der Waals surface area contributed by atoms with Crippen molar-refractivity contribution in [1.82, 2.24) is 19.4 Å². The van der Waals surface area contributed by atoms with Gasteiger partial charge in [-0.3, -0.25) is 9.78 Å². The van der Waals surface area contributed by atoms with Crippen molar-refractivity contribution in [3.05, 3.63) is 48.3 Å². The first kappa shape index (κ1) is 17.6. The van der Waals surface area contributed by atoms with E-state index >= 15 is 0 Å². The maximum absolute atomic E-state index is 12.5. The normalized spacial score (nSPS) is 15.5. The van der Waals surface area contributed by atoms with Crippen LogP contribution in [-0.2, 0) is 17.8 Å². The van der Waals surface area contributed by atoms with E-state index in [0.717, 1.165) is 44.5 Å². The minimum atomic E-state index is 0.261. The van der Waals surface area contributed by atoms with Crippen LogP contribution in [0.25, 0.3) is 0 Å². The smallest absolute Gasteiger partial charge is 0.222 e. The maximum atomic E-state index is 12.5. The molecule has 3 rings (SSSR count). The number of aryl methyl sites for hydroxylation is 2. The van der Waals surface area contributed by atoms with Crippen molar-refractivity contribution in [2.45, 2.75) is 57.9 Å². The second-order valence-corrected chi connectivity index (χ2v) is 6.85. The van der Waals surface area contributed by atoms with Crippen LogP contribution in [0, 0.1) is 0 Å². The third kappa shape index (κ3) is 4.68. The van der Waals surface area contributed by atoms with Gasteiger partial charge in [0.05, 0.1) is 0 Å². The number of hydrogen-bond acceptors (Lipinski definition) is 3. The van der Waals surface area contributed by atoms with Crippen LogP contribution in [0.5, 0.6) is 0 Å². The van der Waals surface area contributed by atoms with Gasteiger partial charge in [-0.15, -0.1) is 0 Å². The van der Waals surface area contributed by atoms with E-state index in [2.05, 4.69) is 27.7 Å². The molecule has 0 spiro atoms. The highest BCUT2D eigenvalue weighted by Crippen LogP contribution is 2.27. The summed E-state index contributed by atoms with van der Waals surface area (Å²) in [6.07, 6.45) is 13.4. The Bertz CT molecular complexity index is 659. The minimum Gasteiger partial charge on any atom is -0.343 e. The van der Waals surface area contributed by atoms with Gasteiger partial charge in [-0.2, -0.15) is 0 Å². The highest BCUT2D eigenvalue weighted by atomic mass is 16.2. The average molecular weight is 340 g/mol. The Balaban J connectivity index is 1.48. The van der Waals surface area contributed by atoms with Crippen LogP contribution in [0.15, 0.2) is 36.9 Å². The molecule has 1 amide bonds. The lowest BCUT2D eigenvalue weighted by atomic mass is 9.95. The van der Waals surface area contributed by atoms with Gasteiger partial charge in [0.2, 0.25) is 5.91 Å². The molecule has 1 saturated heterocycles. The summed E-state index contributed by atoms with van der Waals surface area (Å²) in [6.45, 7) is 4.96. The lowest BCUT2D eigenvalue weighted by Crippen LogP contribution is -2.38. The molecule has 0 radical (unpaired) electrons. The fourth-order valence-corrected chi connectivity index (χ4v) is 3.54. The first-order valence-corrected chi connectivity index (χ1v) is 9.45. The van der Waals surface area contributed by atoms with Crippen molar-refractivity contribution in [1.29, 1.82) is 0 Å². The number of pyridine rings is 1. The number of likely N-dealkylation sites (tertiary alicyclic amines) is 1. The van der Waals surface area contributed by atoms with E-state index in [9.17, 15) is 4.79 Å². The van der Waals surface area contributed by atoms with E-state index in [1.165, 1.54) is 18.7 Å². The van der Waals surface area contributed by atoms with Crippen LogP contribution in [-0.4, -0.2) is 38.4 Å². The molecule has 1 aliphatic rings. The zero-order valence-electron chi connectivity index (χ0n) is 15.1. The standard InChI is InChI=1S/C20H28N4O/c1-2-3-12-24-15-11-22-20(24)18-8-13-23(14-9-18)19(25)7-6-17-5-4-10-21-16-17/h4-5,10-11,15-16,18H,2-3,6-9,12-14H2,1H3. The molecule has 0 saturated carbocycles. The monoisotopic (exact) mass is 340 g/mol. The van der Waals surface area contributed by atoms with Gasteiger partial charge in [0.1, 0.15) is 5.82 Å². The maximum Gasteiger partial charge on any atom is 0.222 e. The van der Waals surface area contributed by atoms with E-state index < -0.39 is 0 Å². The number of unbranched alkanes of at least 4 members (excludes halogenated alkanes) is 1. The Morgan fingerprint density at radius 1 is 1.28 bits per heavy atom. The van der Waals surface area contributed by atoms with Crippen molar-refractivity contribution in [3.8, 4) is 0 Å². The zero-order valence-corrected chi connectivity index (χ0v) is 15.1. The van der Waals surface area contributed by atoms with Crippen LogP contribution in [0.3, 0.4) is 0 Å². The van der Waals surface area contributed by atoms with Gasteiger partial charge in [0.25, 0.3) is 0 Å². The second-order valence-electron chi connectivity index (χ2n) is 6.85. The van der Waals surface area contributed by atoms with Crippen LogP contribution in [0.2, 0.25) is 0 Å². The van der Waals surface area contributed by atoms with Gasteiger partial charge in [-0.25, -0.2) is 4.98 Å². The molecule has 0 aliphatic carbocycles. The molecule has 0 bridgehead atoms. The van der Waals surface area contributed by atoms with Crippen LogP contribution in [0.4, 0.5) is 0 Å².